The van der Waals surface area contributed by atoms with Crippen molar-refractivity contribution >= 4 is 41.3 Å². The van der Waals surface area contributed by atoms with Crippen molar-refractivity contribution in [2.24, 2.45) is 5.16 Å². The van der Waals surface area contributed by atoms with Crippen molar-refractivity contribution < 1.29 is 28.7 Å². The van der Waals surface area contributed by atoms with Crippen molar-refractivity contribution in [2.75, 3.05) is 26.1 Å². The third-order valence-corrected chi connectivity index (χ3v) is 3.65. The van der Waals surface area contributed by atoms with Crippen LogP contribution in [0.1, 0.15) is 26.3 Å². The molecule has 0 aliphatic heterocycles. The van der Waals surface area contributed by atoms with Gasteiger partial charge in [-0.3, -0.25) is 4.79 Å². The zero-order chi connectivity index (χ0) is 20.5. The van der Waals surface area contributed by atoms with E-state index in [4.69, 9.17) is 16.4 Å². The average Bonchev–Trinajstić information content (AvgIpc) is 2.71. The Hall–Kier alpha value is -3.39. The van der Waals surface area contributed by atoms with Gasteiger partial charge in [-0.1, -0.05) is 28.9 Å². The van der Waals surface area contributed by atoms with Crippen LogP contribution >= 0.6 is 11.6 Å². The molecule has 0 radical (unpaired) electrons. The first-order valence-corrected chi connectivity index (χ1v) is 8.33. The number of nitrogens with one attached hydrogen (secondary N) is 1. The molecule has 0 saturated carbocycles. The van der Waals surface area contributed by atoms with Crippen molar-refractivity contribution in [1.29, 1.82) is 0 Å². The fourth-order valence-electron chi connectivity index (χ4n) is 2.11. The summed E-state index contributed by atoms with van der Waals surface area (Å²) >= 11 is 5.78. The minimum atomic E-state index is -0.662. The van der Waals surface area contributed by atoms with Crippen molar-refractivity contribution in [2.45, 2.75) is 0 Å². The van der Waals surface area contributed by atoms with E-state index in [2.05, 4.69) is 19.9 Å². The van der Waals surface area contributed by atoms with Crippen LogP contribution in [0, 0.1) is 0 Å². The number of methoxy groups -OCH3 is 2. The summed E-state index contributed by atoms with van der Waals surface area (Å²) in [6.45, 7) is -0.375. The molecule has 0 bridgehead atoms. The van der Waals surface area contributed by atoms with E-state index in [1.54, 1.807) is 24.3 Å². The second-order valence-corrected chi connectivity index (χ2v) is 5.83. The molecule has 0 aliphatic rings. The van der Waals surface area contributed by atoms with Crippen LogP contribution in [0.4, 0.5) is 5.69 Å². The highest BCUT2D eigenvalue weighted by atomic mass is 35.5. The number of anilines is 1. The molecule has 2 rings (SSSR count). The van der Waals surface area contributed by atoms with E-state index in [1.165, 1.54) is 38.6 Å². The average molecular weight is 405 g/mol. The first-order valence-electron chi connectivity index (χ1n) is 7.95. The van der Waals surface area contributed by atoms with Gasteiger partial charge in [0.25, 0.3) is 5.91 Å². The minimum absolute atomic E-state index is 0.0855. The Balaban J connectivity index is 2.00. The maximum Gasteiger partial charge on any atom is 0.337 e. The number of oxime groups is 1. The monoisotopic (exact) mass is 404 g/mol. The third-order valence-electron chi connectivity index (χ3n) is 3.40. The number of carbonyl (C=O) groups excluding carboxylic acids is 3. The number of esters is 2. The van der Waals surface area contributed by atoms with E-state index < -0.39 is 17.8 Å². The van der Waals surface area contributed by atoms with Gasteiger partial charge >= 0.3 is 11.9 Å². The molecule has 0 fully saturated rings. The van der Waals surface area contributed by atoms with Gasteiger partial charge < -0.3 is 19.6 Å². The van der Waals surface area contributed by atoms with E-state index in [1.807, 2.05) is 0 Å². The fourth-order valence-corrected chi connectivity index (χ4v) is 2.24. The summed E-state index contributed by atoms with van der Waals surface area (Å²) in [5, 5.41) is 6.81. The number of benzene rings is 2. The van der Waals surface area contributed by atoms with Gasteiger partial charge in [0.05, 0.1) is 31.6 Å². The summed E-state index contributed by atoms with van der Waals surface area (Å²) in [4.78, 5) is 40.4. The molecule has 0 spiro atoms. The van der Waals surface area contributed by atoms with E-state index in [0.29, 0.717) is 5.02 Å². The van der Waals surface area contributed by atoms with Crippen LogP contribution in [0.3, 0.4) is 0 Å². The molecule has 1 amide bonds. The lowest BCUT2D eigenvalue weighted by Gasteiger charge is -2.09. The van der Waals surface area contributed by atoms with Gasteiger partial charge in [0.1, 0.15) is 0 Å². The first kappa shape index (κ1) is 20.9. The molecule has 0 atom stereocenters. The normalized spacial score (nSPS) is 10.4. The number of hydrogen-bond donors (Lipinski definition) is 1. The second kappa shape index (κ2) is 10.1. The van der Waals surface area contributed by atoms with Crippen LogP contribution in [-0.2, 0) is 19.1 Å². The van der Waals surface area contributed by atoms with E-state index >= 15 is 0 Å². The number of rotatable bonds is 7. The lowest BCUT2D eigenvalue weighted by molar-refractivity contribution is -0.120. The highest BCUT2D eigenvalue weighted by Gasteiger charge is 2.15. The maximum absolute atomic E-state index is 12.0. The summed E-state index contributed by atoms with van der Waals surface area (Å²) in [6, 6.07) is 10.9. The molecule has 8 nitrogen and oxygen atoms in total. The molecular formula is C19H17ClN2O6. The topological polar surface area (TPSA) is 103 Å². The molecule has 0 saturated heterocycles. The largest absolute Gasteiger partial charge is 0.465 e. The molecule has 0 unspecified atom stereocenters. The quantitative estimate of drug-likeness (QED) is 0.432. The smallest absolute Gasteiger partial charge is 0.337 e. The van der Waals surface area contributed by atoms with Gasteiger partial charge in [-0.15, -0.1) is 0 Å². The van der Waals surface area contributed by atoms with E-state index in [-0.39, 0.29) is 23.4 Å². The second-order valence-electron chi connectivity index (χ2n) is 5.39. The fraction of sp³-hybridized carbons (Fsp3) is 0.158. The molecule has 28 heavy (non-hydrogen) atoms. The molecule has 2 aromatic carbocycles. The Morgan fingerprint density at radius 1 is 1.00 bits per heavy atom. The molecule has 0 aliphatic carbocycles. The molecule has 1 N–H and O–H groups in total. The lowest BCUT2D eigenvalue weighted by atomic mass is 10.1. The predicted molar refractivity (Wildman–Crippen MR) is 103 cm³/mol. The summed E-state index contributed by atoms with van der Waals surface area (Å²) < 4.78 is 9.28. The lowest BCUT2D eigenvalue weighted by Crippen LogP contribution is -2.18. The van der Waals surface area contributed by atoms with Crippen LogP contribution in [0.25, 0.3) is 0 Å². The molecule has 2 aromatic rings. The van der Waals surface area contributed by atoms with Gasteiger partial charge in [-0.05, 0) is 35.9 Å². The summed E-state index contributed by atoms with van der Waals surface area (Å²) in [5.41, 5.74) is 1.13. The standard InChI is InChI=1S/C19H17ClN2O6/c1-26-18(24)13-7-14(19(25)27-2)9-16(8-13)22-17(23)11-28-21-10-12-3-5-15(20)6-4-12/h3-10H,11H2,1-2H3,(H,22,23)/b21-10+. The van der Waals surface area contributed by atoms with Crippen molar-refractivity contribution in [3.05, 3.63) is 64.2 Å². The van der Waals surface area contributed by atoms with Crippen molar-refractivity contribution in [3.8, 4) is 0 Å². The minimum Gasteiger partial charge on any atom is -0.465 e. The maximum atomic E-state index is 12.0. The molecule has 0 heterocycles. The Labute approximate surface area is 166 Å². The first-order chi connectivity index (χ1) is 13.4. The molecular weight excluding hydrogens is 388 g/mol. The van der Waals surface area contributed by atoms with Gasteiger partial charge in [-0.25, -0.2) is 9.59 Å². The number of halogens is 1. The number of amides is 1. The zero-order valence-electron chi connectivity index (χ0n) is 15.1. The van der Waals surface area contributed by atoms with Crippen LogP contribution in [0.2, 0.25) is 5.02 Å². The highest BCUT2D eigenvalue weighted by Crippen LogP contribution is 2.17. The Morgan fingerprint density at radius 3 is 2.11 bits per heavy atom. The van der Waals surface area contributed by atoms with Crippen LogP contribution < -0.4 is 5.32 Å². The van der Waals surface area contributed by atoms with Crippen molar-refractivity contribution in [1.82, 2.24) is 0 Å². The number of carbonyl (C=O) groups is 3. The van der Waals surface area contributed by atoms with E-state index in [9.17, 15) is 14.4 Å². The van der Waals surface area contributed by atoms with Gasteiger partial charge in [0.15, 0.2) is 6.61 Å². The summed E-state index contributed by atoms with van der Waals surface area (Å²) in [7, 11) is 2.41. The van der Waals surface area contributed by atoms with Gasteiger partial charge in [-0.2, -0.15) is 0 Å². The summed E-state index contributed by atoms with van der Waals surface area (Å²) in [6.07, 6.45) is 1.43. The number of nitrogens with zero attached hydrogens (tertiary/aromatic N) is 1. The molecule has 146 valence electrons. The number of hydrogen-bond acceptors (Lipinski definition) is 7. The number of ether oxygens (including phenoxy) is 2. The third kappa shape index (κ3) is 6.10. The Kier molecular flexibility index (Phi) is 7.53. The van der Waals surface area contributed by atoms with Crippen LogP contribution in [0.5, 0.6) is 0 Å². The summed E-state index contributed by atoms with van der Waals surface area (Å²) in [5.74, 6) is -1.86. The van der Waals surface area contributed by atoms with E-state index in [0.717, 1.165) is 5.56 Å². The predicted octanol–water partition coefficient (Wildman–Crippen LogP) is 2.90. The van der Waals surface area contributed by atoms with Gasteiger partial charge in [0.2, 0.25) is 0 Å². The highest BCUT2D eigenvalue weighted by molar-refractivity contribution is 6.30. The van der Waals surface area contributed by atoms with Crippen LogP contribution in [0.15, 0.2) is 47.6 Å². The Morgan fingerprint density at radius 2 is 1.57 bits per heavy atom. The molecule has 0 aromatic heterocycles. The van der Waals surface area contributed by atoms with Crippen molar-refractivity contribution in [3.63, 3.8) is 0 Å². The zero-order valence-corrected chi connectivity index (χ0v) is 15.9. The van der Waals surface area contributed by atoms with Gasteiger partial charge in [0, 0.05) is 10.7 Å². The molecule has 9 heteroatoms. The SMILES string of the molecule is COC(=O)c1cc(NC(=O)CO/N=C/c2ccc(Cl)cc2)cc(C(=O)OC)c1. The van der Waals surface area contributed by atoms with Crippen LogP contribution in [-0.4, -0.2) is 44.9 Å². The Bertz CT molecular complexity index is 862.